The first-order chi connectivity index (χ1) is 9.52. The lowest BCUT2D eigenvalue weighted by molar-refractivity contribution is 0.0621. The van der Waals surface area contributed by atoms with Crippen LogP contribution in [-0.4, -0.2) is 63.2 Å². The Kier molecular flexibility index (Phi) is 5.02. The van der Waals surface area contributed by atoms with Gasteiger partial charge in [0.2, 0.25) is 0 Å². The summed E-state index contributed by atoms with van der Waals surface area (Å²) in [5.41, 5.74) is 8.58. The van der Waals surface area contributed by atoms with Crippen LogP contribution in [0.15, 0.2) is 24.3 Å². The van der Waals surface area contributed by atoms with Gasteiger partial charge in [0.05, 0.1) is 0 Å². The number of piperazine rings is 1. The fourth-order valence-corrected chi connectivity index (χ4v) is 2.99. The normalized spacial score (nSPS) is 22.8. The van der Waals surface area contributed by atoms with Gasteiger partial charge in [0.1, 0.15) is 0 Å². The van der Waals surface area contributed by atoms with Gasteiger partial charge in [-0.25, -0.2) is 0 Å². The minimum atomic E-state index is 0.425. The molecule has 1 fully saturated rings. The molecule has 0 bridgehead atoms. The van der Waals surface area contributed by atoms with Crippen LogP contribution in [0.2, 0.25) is 0 Å². The second kappa shape index (κ2) is 6.57. The van der Waals surface area contributed by atoms with Crippen LogP contribution in [0.5, 0.6) is 0 Å². The summed E-state index contributed by atoms with van der Waals surface area (Å²) in [6.45, 7) is 6.30. The molecule has 0 aliphatic carbocycles. The summed E-state index contributed by atoms with van der Waals surface area (Å²) >= 11 is 0. The Morgan fingerprint density at radius 3 is 2.45 bits per heavy atom. The maximum Gasteiger partial charge on any atom is 0.0361 e. The average Bonchev–Trinajstić information content (AvgIpc) is 2.46. The highest BCUT2D eigenvalue weighted by molar-refractivity contribution is 5.46. The number of hydrogen-bond donors (Lipinski definition) is 1. The zero-order valence-electron chi connectivity index (χ0n) is 13.2. The number of benzene rings is 1. The molecule has 1 saturated heterocycles. The van der Waals surface area contributed by atoms with E-state index in [0.29, 0.717) is 12.1 Å². The van der Waals surface area contributed by atoms with E-state index in [2.05, 4.69) is 67.0 Å². The molecule has 2 N–H and O–H groups in total. The molecule has 4 heteroatoms. The SMILES string of the molecule is CC(c1ccc(N(C)C)cc1)N1CCN(C)CC1CN. The second-order valence-corrected chi connectivity index (χ2v) is 6.05. The Morgan fingerprint density at radius 1 is 1.25 bits per heavy atom. The Morgan fingerprint density at radius 2 is 1.90 bits per heavy atom. The lowest BCUT2D eigenvalue weighted by Crippen LogP contribution is -2.55. The zero-order valence-corrected chi connectivity index (χ0v) is 13.2. The van der Waals surface area contributed by atoms with E-state index >= 15 is 0 Å². The van der Waals surface area contributed by atoms with Crippen molar-refractivity contribution in [2.24, 2.45) is 5.73 Å². The van der Waals surface area contributed by atoms with E-state index in [-0.39, 0.29) is 0 Å². The highest BCUT2D eigenvalue weighted by Gasteiger charge is 2.28. The van der Waals surface area contributed by atoms with Crippen molar-refractivity contribution < 1.29 is 0 Å². The molecule has 1 aliphatic rings. The van der Waals surface area contributed by atoms with Gasteiger partial charge in [-0.3, -0.25) is 4.90 Å². The monoisotopic (exact) mass is 276 g/mol. The van der Waals surface area contributed by atoms with Crippen molar-refractivity contribution in [1.29, 1.82) is 0 Å². The van der Waals surface area contributed by atoms with Crippen LogP contribution >= 0.6 is 0 Å². The van der Waals surface area contributed by atoms with Gasteiger partial charge in [0.25, 0.3) is 0 Å². The quantitative estimate of drug-likeness (QED) is 0.901. The van der Waals surface area contributed by atoms with Crippen molar-refractivity contribution in [3.05, 3.63) is 29.8 Å². The predicted octanol–water partition coefficient (Wildman–Crippen LogP) is 1.39. The highest BCUT2D eigenvalue weighted by Crippen LogP contribution is 2.26. The average molecular weight is 276 g/mol. The summed E-state index contributed by atoms with van der Waals surface area (Å²) in [4.78, 5) is 7.05. The van der Waals surface area contributed by atoms with E-state index in [1.54, 1.807) is 0 Å². The fourth-order valence-electron chi connectivity index (χ4n) is 2.99. The third-order valence-corrected chi connectivity index (χ3v) is 4.39. The van der Waals surface area contributed by atoms with E-state index in [1.165, 1.54) is 11.3 Å². The first kappa shape index (κ1) is 15.3. The predicted molar refractivity (Wildman–Crippen MR) is 86.2 cm³/mol. The van der Waals surface area contributed by atoms with E-state index in [4.69, 9.17) is 5.73 Å². The molecule has 1 heterocycles. The number of anilines is 1. The van der Waals surface area contributed by atoms with Crippen LogP contribution in [0.1, 0.15) is 18.5 Å². The van der Waals surface area contributed by atoms with Crippen LogP contribution in [0.3, 0.4) is 0 Å². The Labute approximate surface area is 123 Å². The first-order valence-electron chi connectivity index (χ1n) is 7.44. The lowest BCUT2D eigenvalue weighted by Gasteiger charge is -2.43. The molecule has 0 spiro atoms. The van der Waals surface area contributed by atoms with Gasteiger partial charge in [0, 0.05) is 58.0 Å². The number of rotatable bonds is 4. The molecule has 1 aromatic carbocycles. The third-order valence-electron chi connectivity index (χ3n) is 4.39. The first-order valence-corrected chi connectivity index (χ1v) is 7.44. The molecule has 2 atom stereocenters. The maximum absolute atomic E-state index is 5.96. The second-order valence-electron chi connectivity index (χ2n) is 6.05. The molecular formula is C16H28N4. The van der Waals surface area contributed by atoms with E-state index < -0.39 is 0 Å². The fraction of sp³-hybridized carbons (Fsp3) is 0.625. The molecule has 112 valence electrons. The number of hydrogen-bond acceptors (Lipinski definition) is 4. The number of nitrogens with two attached hydrogens (primary N) is 1. The van der Waals surface area contributed by atoms with Gasteiger partial charge in [-0.15, -0.1) is 0 Å². The standard InChI is InChI=1S/C16H28N4/c1-13(14-5-7-15(8-6-14)18(2)3)20-10-9-19(4)12-16(20)11-17/h5-8,13,16H,9-12,17H2,1-4H3. The summed E-state index contributed by atoms with van der Waals surface area (Å²) in [5.74, 6) is 0. The summed E-state index contributed by atoms with van der Waals surface area (Å²) < 4.78 is 0. The van der Waals surface area contributed by atoms with Crippen molar-refractivity contribution in [2.75, 3.05) is 52.2 Å². The van der Waals surface area contributed by atoms with Crippen LogP contribution in [0.25, 0.3) is 0 Å². The molecule has 2 unspecified atom stereocenters. The summed E-state index contributed by atoms with van der Waals surface area (Å²) in [6.07, 6.45) is 0. The minimum Gasteiger partial charge on any atom is -0.378 e. The smallest absolute Gasteiger partial charge is 0.0361 e. The van der Waals surface area contributed by atoms with Crippen LogP contribution in [0.4, 0.5) is 5.69 Å². The van der Waals surface area contributed by atoms with Gasteiger partial charge in [-0.05, 0) is 31.7 Å². The number of nitrogens with zero attached hydrogens (tertiary/aromatic N) is 3. The Bertz CT molecular complexity index is 415. The summed E-state index contributed by atoms with van der Waals surface area (Å²) in [6, 6.07) is 9.75. The summed E-state index contributed by atoms with van der Waals surface area (Å²) in [5, 5.41) is 0. The number of likely N-dealkylation sites (N-methyl/N-ethyl adjacent to an activating group) is 1. The zero-order chi connectivity index (χ0) is 14.7. The van der Waals surface area contributed by atoms with Crippen LogP contribution < -0.4 is 10.6 Å². The van der Waals surface area contributed by atoms with Gasteiger partial charge in [0.15, 0.2) is 0 Å². The van der Waals surface area contributed by atoms with Gasteiger partial charge >= 0.3 is 0 Å². The van der Waals surface area contributed by atoms with Gasteiger partial charge in [-0.1, -0.05) is 12.1 Å². The lowest BCUT2D eigenvalue weighted by atomic mass is 10.0. The van der Waals surface area contributed by atoms with Crippen LogP contribution in [0, 0.1) is 0 Å². The van der Waals surface area contributed by atoms with Crippen molar-refractivity contribution >= 4 is 5.69 Å². The molecule has 1 aliphatic heterocycles. The third kappa shape index (κ3) is 3.32. The minimum absolute atomic E-state index is 0.425. The van der Waals surface area contributed by atoms with Gasteiger partial charge in [-0.2, -0.15) is 0 Å². The van der Waals surface area contributed by atoms with Crippen LogP contribution in [-0.2, 0) is 0 Å². The molecule has 0 saturated carbocycles. The van der Waals surface area contributed by atoms with Crippen molar-refractivity contribution in [3.8, 4) is 0 Å². The molecule has 4 nitrogen and oxygen atoms in total. The molecule has 1 aromatic rings. The Hall–Kier alpha value is -1.10. The molecule has 20 heavy (non-hydrogen) atoms. The topological polar surface area (TPSA) is 35.7 Å². The van der Waals surface area contributed by atoms with Crippen molar-refractivity contribution in [2.45, 2.75) is 19.0 Å². The molecule has 0 radical (unpaired) electrons. The van der Waals surface area contributed by atoms with E-state index in [9.17, 15) is 0 Å². The van der Waals surface area contributed by atoms with Crippen molar-refractivity contribution in [3.63, 3.8) is 0 Å². The van der Waals surface area contributed by atoms with E-state index in [1.807, 2.05) is 0 Å². The molecule has 2 rings (SSSR count). The molecular weight excluding hydrogens is 248 g/mol. The van der Waals surface area contributed by atoms with Crippen molar-refractivity contribution in [1.82, 2.24) is 9.80 Å². The van der Waals surface area contributed by atoms with Gasteiger partial charge < -0.3 is 15.5 Å². The molecule has 0 aromatic heterocycles. The highest BCUT2D eigenvalue weighted by atomic mass is 15.3. The maximum atomic E-state index is 5.96. The van der Waals surface area contributed by atoms with E-state index in [0.717, 1.165) is 26.2 Å². The molecule has 0 amide bonds. The largest absolute Gasteiger partial charge is 0.378 e. The summed E-state index contributed by atoms with van der Waals surface area (Å²) in [7, 11) is 6.32. The Balaban J connectivity index is 2.11.